The van der Waals surface area contributed by atoms with E-state index in [0.29, 0.717) is 5.70 Å². The van der Waals surface area contributed by atoms with E-state index in [1.807, 2.05) is 48.5 Å². The van der Waals surface area contributed by atoms with E-state index in [4.69, 9.17) is 10.9 Å². The topological polar surface area (TPSA) is 112 Å². The van der Waals surface area contributed by atoms with Gasteiger partial charge in [-0.1, -0.05) is 36.4 Å². The van der Waals surface area contributed by atoms with Gasteiger partial charge in [0.25, 0.3) is 0 Å². The highest BCUT2D eigenvalue weighted by Gasteiger charge is 2.09. The Morgan fingerprint density at radius 2 is 1.88 bits per heavy atom. The van der Waals surface area contributed by atoms with Crippen molar-refractivity contribution in [2.24, 2.45) is 10.9 Å². The van der Waals surface area contributed by atoms with Gasteiger partial charge in [0.05, 0.1) is 5.75 Å². The van der Waals surface area contributed by atoms with Crippen molar-refractivity contribution in [1.82, 2.24) is 0 Å². The Kier molecular flexibility index (Phi) is 6.32. The van der Waals surface area contributed by atoms with E-state index in [-0.39, 0.29) is 12.3 Å². The van der Waals surface area contributed by atoms with Gasteiger partial charge in [0.15, 0.2) is 6.21 Å². The van der Waals surface area contributed by atoms with Crippen molar-refractivity contribution < 1.29 is 13.4 Å². The van der Waals surface area contributed by atoms with E-state index in [2.05, 4.69) is 10.3 Å². The summed E-state index contributed by atoms with van der Waals surface area (Å²) in [5.41, 5.74) is 10.4. The predicted octanol–water partition coefficient (Wildman–Crippen LogP) is 0.135. The fourth-order valence-corrected chi connectivity index (χ4v) is 2.72. The minimum atomic E-state index is -3.52. The molecular formula is C18H23N4O2S+. The van der Waals surface area contributed by atoms with Crippen LogP contribution in [0, 0.1) is 0 Å². The van der Waals surface area contributed by atoms with Crippen LogP contribution in [-0.4, -0.2) is 34.0 Å². The van der Waals surface area contributed by atoms with E-state index < -0.39 is 10.0 Å². The van der Waals surface area contributed by atoms with Gasteiger partial charge in [-0.2, -0.15) is 0 Å². The van der Waals surface area contributed by atoms with Crippen LogP contribution in [0.5, 0.6) is 0 Å². The summed E-state index contributed by atoms with van der Waals surface area (Å²) in [7, 11) is -1.73. The Bertz CT molecular complexity index is 875. The SMILES string of the molecule is C[NH+]=C/C=C(\N)c1cc(-c2ccccc2)ccc1NCCS(N)(=O)=O. The summed E-state index contributed by atoms with van der Waals surface area (Å²) in [6, 6.07) is 15.8. The molecule has 2 aromatic carbocycles. The number of nitrogens with one attached hydrogen (secondary N) is 2. The number of rotatable bonds is 7. The molecule has 0 aliphatic heterocycles. The summed E-state index contributed by atoms with van der Waals surface area (Å²) in [5.74, 6) is -0.154. The molecule has 132 valence electrons. The molecule has 7 heteroatoms. The zero-order valence-electron chi connectivity index (χ0n) is 14.1. The first kappa shape index (κ1) is 18.7. The number of hydrogen-bond donors (Lipinski definition) is 4. The zero-order chi connectivity index (χ0) is 18.3. The average molecular weight is 359 g/mol. The Morgan fingerprint density at radius 3 is 2.52 bits per heavy atom. The lowest BCUT2D eigenvalue weighted by molar-refractivity contribution is -0.413. The van der Waals surface area contributed by atoms with Gasteiger partial charge in [0.1, 0.15) is 7.05 Å². The Labute approximate surface area is 148 Å². The number of sulfonamides is 1. The molecule has 0 amide bonds. The van der Waals surface area contributed by atoms with Crippen molar-refractivity contribution in [1.29, 1.82) is 0 Å². The van der Waals surface area contributed by atoms with Crippen molar-refractivity contribution in [2.45, 2.75) is 0 Å². The van der Waals surface area contributed by atoms with Gasteiger partial charge in [-0.3, -0.25) is 4.99 Å². The second kappa shape index (κ2) is 8.46. The molecule has 0 spiro atoms. The third-order valence-corrected chi connectivity index (χ3v) is 4.34. The van der Waals surface area contributed by atoms with Crippen LogP contribution in [0.3, 0.4) is 0 Å². The van der Waals surface area contributed by atoms with E-state index >= 15 is 0 Å². The Balaban J connectivity index is 2.37. The van der Waals surface area contributed by atoms with E-state index in [9.17, 15) is 8.42 Å². The normalized spacial score (nSPS) is 12.5. The van der Waals surface area contributed by atoms with Crippen molar-refractivity contribution in [3.05, 3.63) is 60.2 Å². The highest BCUT2D eigenvalue weighted by Crippen LogP contribution is 2.28. The van der Waals surface area contributed by atoms with Crippen LogP contribution in [0.25, 0.3) is 16.8 Å². The minimum absolute atomic E-state index is 0.154. The van der Waals surface area contributed by atoms with Crippen molar-refractivity contribution >= 4 is 27.6 Å². The smallest absolute Gasteiger partial charge is 0.210 e. The molecule has 6 N–H and O–H groups in total. The van der Waals surface area contributed by atoms with Gasteiger partial charge in [0, 0.05) is 29.6 Å². The van der Waals surface area contributed by atoms with Gasteiger partial charge < -0.3 is 11.1 Å². The Morgan fingerprint density at radius 1 is 1.16 bits per heavy atom. The summed E-state index contributed by atoms with van der Waals surface area (Å²) in [4.78, 5) is 2.90. The third-order valence-electron chi connectivity index (χ3n) is 3.57. The quantitative estimate of drug-likeness (QED) is 0.527. The summed E-state index contributed by atoms with van der Waals surface area (Å²) >= 11 is 0. The van der Waals surface area contributed by atoms with Gasteiger partial charge in [-0.25, -0.2) is 13.6 Å². The molecule has 25 heavy (non-hydrogen) atoms. The molecule has 0 aromatic heterocycles. The van der Waals surface area contributed by atoms with Crippen LogP contribution in [0.2, 0.25) is 0 Å². The second-order valence-corrected chi connectivity index (χ2v) is 7.23. The maximum absolute atomic E-state index is 11.1. The van der Waals surface area contributed by atoms with Gasteiger partial charge in [0.2, 0.25) is 10.0 Å². The summed E-state index contributed by atoms with van der Waals surface area (Å²) in [5, 5.41) is 8.14. The minimum Gasteiger partial charge on any atom is -0.398 e. The second-order valence-electron chi connectivity index (χ2n) is 5.50. The van der Waals surface area contributed by atoms with E-state index in [1.165, 1.54) is 0 Å². The molecule has 0 fully saturated rings. The number of nitrogens with two attached hydrogens (primary N) is 2. The molecule has 2 rings (SSSR count). The van der Waals surface area contributed by atoms with Crippen LogP contribution < -0.4 is 21.2 Å². The first-order chi connectivity index (χ1) is 11.9. The van der Waals surface area contributed by atoms with Gasteiger partial charge >= 0.3 is 0 Å². The molecule has 6 nitrogen and oxygen atoms in total. The van der Waals surface area contributed by atoms with Crippen LogP contribution >= 0.6 is 0 Å². The predicted molar refractivity (Wildman–Crippen MR) is 103 cm³/mol. The zero-order valence-corrected chi connectivity index (χ0v) is 14.9. The number of allylic oxidation sites excluding steroid dienone is 1. The van der Waals surface area contributed by atoms with E-state index in [1.54, 1.807) is 19.3 Å². The average Bonchev–Trinajstić information content (AvgIpc) is 2.59. The van der Waals surface area contributed by atoms with Crippen LogP contribution in [0.1, 0.15) is 5.56 Å². The molecule has 0 aliphatic rings. The monoisotopic (exact) mass is 359 g/mol. The van der Waals surface area contributed by atoms with Crippen molar-refractivity contribution in [2.75, 3.05) is 24.7 Å². The fraction of sp³-hybridized carbons (Fsp3) is 0.167. The number of hydrogen-bond acceptors (Lipinski definition) is 4. The molecular weight excluding hydrogens is 336 g/mol. The molecule has 0 heterocycles. The number of benzene rings is 2. The van der Waals surface area contributed by atoms with E-state index in [0.717, 1.165) is 22.4 Å². The van der Waals surface area contributed by atoms with Crippen molar-refractivity contribution in [3.8, 4) is 11.1 Å². The molecule has 0 atom stereocenters. The first-order valence-electron chi connectivity index (χ1n) is 7.81. The third kappa shape index (κ3) is 5.74. The largest absolute Gasteiger partial charge is 0.398 e. The highest BCUT2D eigenvalue weighted by atomic mass is 32.2. The summed E-state index contributed by atoms with van der Waals surface area (Å²) in [6.07, 6.45) is 3.49. The van der Waals surface area contributed by atoms with Crippen molar-refractivity contribution in [3.63, 3.8) is 0 Å². The standard InChI is InChI=1S/C18H22N4O2S/c1-21-10-9-17(19)16-13-15(14-5-3-2-4-6-14)7-8-18(16)22-11-12-25(20,23)24/h2-10,13,22H,11-12,19H2,1H3,(H2,20,23,24)/p+1/b17-9-,21-10?. The maximum Gasteiger partial charge on any atom is 0.210 e. The van der Waals surface area contributed by atoms with Gasteiger partial charge in [-0.05, 0) is 23.3 Å². The maximum atomic E-state index is 11.1. The molecule has 0 radical (unpaired) electrons. The summed E-state index contributed by atoms with van der Waals surface area (Å²) in [6.45, 7) is 0.208. The van der Waals surface area contributed by atoms with Crippen LogP contribution in [0.15, 0.2) is 54.6 Å². The van der Waals surface area contributed by atoms with Gasteiger partial charge in [-0.15, -0.1) is 0 Å². The molecule has 0 unspecified atom stereocenters. The number of anilines is 1. The summed E-state index contributed by atoms with van der Waals surface area (Å²) < 4.78 is 22.2. The molecule has 0 saturated heterocycles. The highest BCUT2D eigenvalue weighted by molar-refractivity contribution is 7.89. The Hall–Kier alpha value is -2.64. The molecule has 0 bridgehead atoms. The lowest BCUT2D eigenvalue weighted by atomic mass is 10.00. The lowest BCUT2D eigenvalue weighted by Gasteiger charge is -2.14. The first-order valence-corrected chi connectivity index (χ1v) is 9.52. The lowest BCUT2D eigenvalue weighted by Crippen LogP contribution is -2.62. The molecule has 0 aliphatic carbocycles. The van der Waals surface area contributed by atoms with Crippen LogP contribution in [0.4, 0.5) is 5.69 Å². The fourth-order valence-electron chi connectivity index (χ4n) is 2.34. The van der Waals surface area contributed by atoms with Crippen LogP contribution in [-0.2, 0) is 10.0 Å². The molecule has 2 aromatic rings. The number of primary sulfonamides is 1. The molecule has 0 saturated carbocycles.